The van der Waals surface area contributed by atoms with E-state index in [1.807, 2.05) is 12.1 Å². The highest BCUT2D eigenvalue weighted by Gasteiger charge is 2.10. The van der Waals surface area contributed by atoms with Crippen molar-refractivity contribution in [2.24, 2.45) is 0 Å². The summed E-state index contributed by atoms with van der Waals surface area (Å²) in [6.45, 7) is 7.18. The summed E-state index contributed by atoms with van der Waals surface area (Å²) in [6.07, 6.45) is 0. The monoisotopic (exact) mass is 220 g/mol. The van der Waals surface area contributed by atoms with Crippen molar-refractivity contribution in [3.63, 3.8) is 0 Å². The minimum absolute atomic E-state index is 0.267. The largest absolute Gasteiger partial charge is 0.508 e. The van der Waals surface area contributed by atoms with Crippen LogP contribution in [-0.4, -0.2) is 36.4 Å². The molecule has 0 atom stereocenters. The predicted molar refractivity (Wildman–Crippen MR) is 62.7 cm³/mol. The van der Waals surface area contributed by atoms with E-state index in [0.717, 1.165) is 37.6 Å². The molecule has 2 N–H and O–H groups in total. The quantitative estimate of drug-likeness (QED) is 0.803. The summed E-state index contributed by atoms with van der Waals surface area (Å²) in [5.74, 6) is 0.267. The summed E-state index contributed by atoms with van der Waals surface area (Å²) in [7, 11) is 0. The standard InChI is InChI=1S/C12H16N2O2/c1-10(11-2-4-12(15)5-3-11)13-14-6-8-16-9-7-14/h2-5,13,15H,1,6-9H2. The molecule has 0 amide bonds. The van der Waals surface area contributed by atoms with E-state index in [-0.39, 0.29) is 5.75 Å². The lowest BCUT2D eigenvalue weighted by Crippen LogP contribution is -2.44. The number of morpholine rings is 1. The fourth-order valence-corrected chi connectivity index (χ4v) is 1.59. The number of benzene rings is 1. The Morgan fingerprint density at radius 1 is 1.25 bits per heavy atom. The summed E-state index contributed by atoms with van der Waals surface area (Å²) in [6, 6.07) is 6.99. The third-order valence-corrected chi connectivity index (χ3v) is 2.52. The van der Waals surface area contributed by atoms with Crippen molar-refractivity contribution in [1.29, 1.82) is 0 Å². The number of phenolic OH excluding ortho intramolecular Hbond substituents is 1. The van der Waals surface area contributed by atoms with Crippen LogP contribution in [-0.2, 0) is 4.74 Å². The van der Waals surface area contributed by atoms with Crippen LogP contribution in [0.3, 0.4) is 0 Å². The van der Waals surface area contributed by atoms with Crippen molar-refractivity contribution in [3.05, 3.63) is 36.4 Å². The average Bonchev–Trinajstić information content (AvgIpc) is 2.31. The molecule has 16 heavy (non-hydrogen) atoms. The van der Waals surface area contributed by atoms with Gasteiger partial charge in [0.15, 0.2) is 0 Å². The first kappa shape index (κ1) is 11.0. The topological polar surface area (TPSA) is 44.7 Å². The molecule has 4 nitrogen and oxygen atoms in total. The molecule has 1 aromatic rings. The van der Waals surface area contributed by atoms with Crippen molar-refractivity contribution in [2.75, 3.05) is 26.3 Å². The van der Waals surface area contributed by atoms with Crippen molar-refractivity contribution in [2.45, 2.75) is 0 Å². The van der Waals surface area contributed by atoms with Crippen LogP contribution in [0, 0.1) is 0 Å². The third-order valence-electron chi connectivity index (χ3n) is 2.52. The Balaban J connectivity index is 1.94. The molecule has 0 spiro atoms. The van der Waals surface area contributed by atoms with Crippen LogP contribution < -0.4 is 5.43 Å². The number of rotatable bonds is 3. The maximum absolute atomic E-state index is 9.18. The van der Waals surface area contributed by atoms with E-state index in [0.29, 0.717) is 0 Å². The van der Waals surface area contributed by atoms with Gasteiger partial charge in [0, 0.05) is 18.8 Å². The third kappa shape index (κ3) is 2.74. The summed E-state index contributed by atoms with van der Waals surface area (Å²) >= 11 is 0. The second-order valence-electron chi connectivity index (χ2n) is 3.74. The summed E-state index contributed by atoms with van der Waals surface area (Å²) in [5.41, 5.74) is 5.04. The van der Waals surface area contributed by atoms with Gasteiger partial charge in [0.25, 0.3) is 0 Å². The Morgan fingerprint density at radius 2 is 1.88 bits per heavy atom. The van der Waals surface area contributed by atoms with Crippen LogP contribution in [0.15, 0.2) is 30.8 Å². The van der Waals surface area contributed by atoms with Gasteiger partial charge in [-0.2, -0.15) is 0 Å². The molecule has 1 fully saturated rings. The molecule has 1 aromatic carbocycles. The molecule has 4 heteroatoms. The van der Waals surface area contributed by atoms with Crippen LogP contribution in [0.1, 0.15) is 5.56 Å². The van der Waals surface area contributed by atoms with Gasteiger partial charge >= 0.3 is 0 Å². The van der Waals surface area contributed by atoms with Crippen LogP contribution in [0.2, 0.25) is 0 Å². The predicted octanol–water partition coefficient (Wildman–Crippen LogP) is 1.20. The zero-order valence-corrected chi connectivity index (χ0v) is 9.15. The van der Waals surface area contributed by atoms with Gasteiger partial charge < -0.3 is 15.3 Å². The molecule has 86 valence electrons. The van der Waals surface area contributed by atoms with Gasteiger partial charge in [-0.1, -0.05) is 6.58 Å². The lowest BCUT2D eigenvalue weighted by atomic mass is 10.2. The molecule has 1 heterocycles. The maximum Gasteiger partial charge on any atom is 0.115 e. The number of nitrogens with zero attached hydrogens (tertiary/aromatic N) is 1. The first-order chi connectivity index (χ1) is 7.75. The molecule has 0 radical (unpaired) electrons. The van der Waals surface area contributed by atoms with E-state index in [4.69, 9.17) is 4.74 Å². The molecule has 0 aliphatic carbocycles. The zero-order chi connectivity index (χ0) is 11.4. The van der Waals surface area contributed by atoms with Crippen molar-refractivity contribution >= 4 is 5.70 Å². The Labute approximate surface area is 95.1 Å². The van der Waals surface area contributed by atoms with Gasteiger partial charge in [-0.15, -0.1) is 0 Å². The van der Waals surface area contributed by atoms with Gasteiger partial charge in [-0.05, 0) is 29.8 Å². The number of nitrogens with one attached hydrogen (secondary N) is 1. The Bertz CT molecular complexity index is 356. The molecule has 1 aliphatic heterocycles. The van der Waals surface area contributed by atoms with Crippen LogP contribution in [0.25, 0.3) is 5.70 Å². The minimum Gasteiger partial charge on any atom is -0.508 e. The van der Waals surface area contributed by atoms with Crippen LogP contribution in [0.4, 0.5) is 0 Å². The van der Waals surface area contributed by atoms with E-state index in [9.17, 15) is 5.11 Å². The lowest BCUT2D eigenvalue weighted by Gasteiger charge is -2.28. The second-order valence-corrected chi connectivity index (χ2v) is 3.74. The Hall–Kier alpha value is -1.52. The van der Waals surface area contributed by atoms with Crippen molar-refractivity contribution < 1.29 is 9.84 Å². The van der Waals surface area contributed by atoms with Gasteiger partial charge in [-0.3, -0.25) is 0 Å². The second kappa shape index (κ2) is 5.01. The first-order valence-corrected chi connectivity index (χ1v) is 5.33. The Morgan fingerprint density at radius 3 is 2.50 bits per heavy atom. The van der Waals surface area contributed by atoms with Gasteiger partial charge in [-0.25, -0.2) is 5.01 Å². The van der Waals surface area contributed by atoms with Gasteiger partial charge in [0.05, 0.1) is 13.2 Å². The van der Waals surface area contributed by atoms with Crippen LogP contribution in [0.5, 0.6) is 5.75 Å². The molecule has 1 aliphatic rings. The van der Waals surface area contributed by atoms with Crippen LogP contribution >= 0.6 is 0 Å². The van der Waals surface area contributed by atoms with E-state index in [1.54, 1.807) is 12.1 Å². The normalized spacial score (nSPS) is 17.0. The highest BCUT2D eigenvalue weighted by Crippen LogP contribution is 2.15. The summed E-state index contributed by atoms with van der Waals surface area (Å²) in [4.78, 5) is 0. The molecule has 0 unspecified atom stereocenters. The van der Waals surface area contributed by atoms with E-state index < -0.39 is 0 Å². The molecule has 0 bridgehead atoms. The fourth-order valence-electron chi connectivity index (χ4n) is 1.59. The van der Waals surface area contributed by atoms with Crippen molar-refractivity contribution in [1.82, 2.24) is 10.4 Å². The fraction of sp³-hybridized carbons (Fsp3) is 0.333. The average molecular weight is 220 g/mol. The first-order valence-electron chi connectivity index (χ1n) is 5.33. The number of phenols is 1. The number of hydrogen-bond acceptors (Lipinski definition) is 4. The smallest absolute Gasteiger partial charge is 0.115 e. The molecular weight excluding hydrogens is 204 g/mol. The molecule has 0 aromatic heterocycles. The summed E-state index contributed by atoms with van der Waals surface area (Å²) in [5, 5.41) is 11.3. The van der Waals surface area contributed by atoms with E-state index >= 15 is 0 Å². The molecule has 1 saturated heterocycles. The molecular formula is C12H16N2O2. The van der Waals surface area contributed by atoms with Gasteiger partial charge in [0.1, 0.15) is 5.75 Å². The van der Waals surface area contributed by atoms with Gasteiger partial charge in [0.2, 0.25) is 0 Å². The molecule has 2 rings (SSSR count). The zero-order valence-electron chi connectivity index (χ0n) is 9.15. The molecule has 0 saturated carbocycles. The van der Waals surface area contributed by atoms with E-state index in [1.165, 1.54) is 0 Å². The summed E-state index contributed by atoms with van der Waals surface area (Å²) < 4.78 is 5.26. The highest BCUT2D eigenvalue weighted by atomic mass is 16.5. The number of hydrogen-bond donors (Lipinski definition) is 2. The lowest BCUT2D eigenvalue weighted by molar-refractivity contribution is 0.0231. The maximum atomic E-state index is 9.18. The van der Waals surface area contributed by atoms with Crippen molar-refractivity contribution in [3.8, 4) is 5.75 Å². The number of aromatic hydroxyl groups is 1. The number of ether oxygens (including phenoxy) is 1. The highest BCUT2D eigenvalue weighted by molar-refractivity contribution is 5.61. The number of hydrazine groups is 1. The minimum atomic E-state index is 0.267. The SMILES string of the molecule is C=C(NN1CCOCC1)c1ccc(O)cc1. The van der Waals surface area contributed by atoms with E-state index in [2.05, 4.69) is 17.0 Å². The Kier molecular flexibility index (Phi) is 3.44.